The third kappa shape index (κ3) is 4.79. The van der Waals surface area contributed by atoms with Gasteiger partial charge in [0.05, 0.1) is 11.1 Å². The number of benzene rings is 2. The maximum atomic E-state index is 12.9. The van der Waals surface area contributed by atoms with Crippen molar-refractivity contribution >= 4 is 22.4 Å². The molecule has 2 heterocycles. The Hall–Kier alpha value is -2.80. The molecule has 152 valence electrons. The number of nitrogens with zero attached hydrogens (tertiary/aromatic N) is 3. The van der Waals surface area contributed by atoms with Crippen molar-refractivity contribution in [3.63, 3.8) is 0 Å². The molecule has 0 unspecified atom stereocenters. The molecule has 1 aromatic heterocycles. The summed E-state index contributed by atoms with van der Waals surface area (Å²) in [4.78, 5) is 8.94. The van der Waals surface area contributed by atoms with Gasteiger partial charge in [0.15, 0.2) is 0 Å². The van der Waals surface area contributed by atoms with Gasteiger partial charge >= 0.3 is 6.18 Å². The Balaban J connectivity index is 1.27. The number of para-hydroxylation sites is 1. The molecule has 0 bridgehead atoms. The van der Waals surface area contributed by atoms with Gasteiger partial charge in [-0.25, -0.2) is 4.98 Å². The molecule has 0 amide bonds. The average Bonchev–Trinajstić information content (AvgIpc) is 2.74. The van der Waals surface area contributed by atoms with E-state index in [1.165, 1.54) is 12.1 Å². The van der Waals surface area contributed by atoms with Crippen molar-refractivity contribution in [2.24, 2.45) is 0 Å². The minimum absolute atomic E-state index is 0.593. The van der Waals surface area contributed by atoms with Crippen LogP contribution in [0.15, 0.2) is 60.7 Å². The van der Waals surface area contributed by atoms with Crippen LogP contribution in [0, 0.1) is 0 Å². The number of hydrogen-bond acceptors (Lipinski definition) is 4. The van der Waals surface area contributed by atoms with Crippen LogP contribution in [0.4, 0.5) is 24.7 Å². The number of halogens is 3. The van der Waals surface area contributed by atoms with Crippen molar-refractivity contribution in [1.29, 1.82) is 0 Å². The van der Waals surface area contributed by atoms with Crippen molar-refractivity contribution in [3.05, 3.63) is 66.2 Å². The number of pyridine rings is 1. The molecule has 1 N–H and O–H groups in total. The van der Waals surface area contributed by atoms with Crippen LogP contribution in [-0.4, -0.2) is 49.2 Å². The summed E-state index contributed by atoms with van der Waals surface area (Å²) in [5, 5.41) is 4.47. The molecule has 29 heavy (non-hydrogen) atoms. The number of rotatable bonds is 5. The van der Waals surface area contributed by atoms with Crippen molar-refractivity contribution in [2.75, 3.05) is 49.5 Å². The molecular weight excluding hydrogens is 377 g/mol. The minimum atomic E-state index is -4.31. The smallest absolute Gasteiger partial charge is 0.369 e. The zero-order valence-corrected chi connectivity index (χ0v) is 16.0. The summed E-state index contributed by atoms with van der Waals surface area (Å²) in [7, 11) is 0. The molecule has 1 saturated heterocycles. The van der Waals surface area contributed by atoms with Gasteiger partial charge in [-0.15, -0.1) is 0 Å². The Labute approximate surface area is 168 Å². The van der Waals surface area contributed by atoms with E-state index in [2.05, 4.69) is 21.3 Å². The Morgan fingerprint density at radius 3 is 2.48 bits per heavy atom. The molecule has 0 saturated carbocycles. The monoisotopic (exact) mass is 400 g/mol. The molecule has 2 aromatic carbocycles. The van der Waals surface area contributed by atoms with Crippen LogP contribution in [0.1, 0.15) is 5.56 Å². The van der Waals surface area contributed by atoms with E-state index in [0.717, 1.165) is 62.1 Å². The summed E-state index contributed by atoms with van der Waals surface area (Å²) in [5.41, 5.74) is 1.01. The van der Waals surface area contributed by atoms with Crippen molar-refractivity contribution < 1.29 is 13.2 Å². The largest absolute Gasteiger partial charge is 0.416 e. The van der Waals surface area contributed by atoms with Crippen molar-refractivity contribution in [2.45, 2.75) is 6.18 Å². The average molecular weight is 400 g/mol. The van der Waals surface area contributed by atoms with Gasteiger partial charge in [-0.2, -0.15) is 13.2 Å². The van der Waals surface area contributed by atoms with Crippen LogP contribution in [0.2, 0.25) is 0 Å². The van der Waals surface area contributed by atoms with Crippen LogP contribution in [-0.2, 0) is 6.18 Å². The molecule has 4 nitrogen and oxygen atoms in total. The Kier molecular flexibility index (Phi) is 5.58. The molecule has 0 spiro atoms. The number of alkyl halides is 3. The predicted molar refractivity (Wildman–Crippen MR) is 110 cm³/mol. The third-order valence-electron chi connectivity index (χ3n) is 5.24. The third-order valence-corrected chi connectivity index (χ3v) is 5.24. The van der Waals surface area contributed by atoms with Gasteiger partial charge in [0, 0.05) is 50.3 Å². The van der Waals surface area contributed by atoms with E-state index in [1.807, 2.05) is 35.2 Å². The molecule has 7 heteroatoms. The van der Waals surface area contributed by atoms with Gasteiger partial charge < -0.3 is 10.2 Å². The van der Waals surface area contributed by atoms with E-state index >= 15 is 0 Å². The lowest BCUT2D eigenvalue weighted by Gasteiger charge is -2.36. The van der Waals surface area contributed by atoms with Crippen molar-refractivity contribution in [3.8, 4) is 0 Å². The lowest BCUT2D eigenvalue weighted by atomic mass is 10.1. The van der Waals surface area contributed by atoms with Gasteiger partial charge in [0.25, 0.3) is 0 Å². The van der Waals surface area contributed by atoms with Gasteiger partial charge in [-0.05, 0) is 36.4 Å². The fourth-order valence-electron chi connectivity index (χ4n) is 3.62. The van der Waals surface area contributed by atoms with Gasteiger partial charge in [0.1, 0.15) is 5.82 Å². The van der Waals surface area contributed by atoms with E-state index in [9.17, 15) is 13.2 Å². The highest BCUT2D eigenvalue weighted by atomic mass is 19.4. The van der Waals surface area contributed by atoms with Crippen LogP contribution < -0.4 is 10.2 Å². The number of fused-ring (bicyclic) bond motifs is 1. The number of hydrogen-bond donors (Lipinski definition) is 1. The highest BCUT2D eigenvalue weighted by Gasteiger charge is 2.31. The molecule has 4 rings (SSSR count). The number of piperazine rings is 1. The SMILES string of the molecule is FC(F)(F)c1cccc(N2CCN(CCNc3ccc4ccccc4n3)CC2)c1. The Morgan fingerprint density at radius 2 is 1.69 bits per heavy atom. The summed E-state index contributed by atoms with van der Waals surface area (Å²) in [6.07, 6.45) is -4.31. The summed E-state index contributed by atoms with van der Waals surface area (Å²) >= 11 is 0. The van der Waals surface area contributed by atoms with Gasteiger partial charge in [-0.1, -0.05) is 24.3 Å². The first-order valence-electron chi connectivity index (χ1n) is 9.73. The Morgan fingerprint density at radius 1 is 0.897 bits per heavy atom. The second-order valence-corrected chi connectivity index (χ2v) is 7.19. The number of anilines is 2. The molecule has 0 aliphatic carbocycles. The van der Waals surface area contributed by atoms with E-state index in [1.54, 1.807) is 6.07 Å². The molecule has 1 fully saturated rings. The van der Waals surface area contributed by atoms with E-state index in [0.29, 0.717) is 5.69 Å². The fourth-order valence-corrected chi connectivity index (χ4v) is 3.62. The Bertz CT molecular complexity index is 965. The summed E-state index contributed by atoms with van der Waals surface area (Å²) < 4.78 is 38.8. The molecule has 0 atom stereocenters. The zero-order valence-electron chi connectivity index (χ0n) is 16.0. The maximum Gasteiger partial charge on any atom is 0.416 e. The highest BCUT2D eigenvalue weighted by Crippen LogP contribution is 2.31. The van der Waals surface area contributed by atoms with Gasteiger partial charge in [-0.3, -0.25) is 4.90 Å². The van der Waals surface area contributed by atoms with Crippen LogP contribution >= 0.6 is 0 Å². The molecule has 0 radical (unpaired) electrons. The van der Waals surface area contributed by atoms with Crippen molar-refractivity contribution in [1.82, 2.24) is 9.88 Å². The molecule has 3 aromatic rings. The first-order chi connectivity index (χ1) is 14.0. The van der Waals surface area contributed by atoms with Gasteiger partial charge in [0.2, 0.25) is 0 Å². The number of aromatic nitrogens is 1. The second kappa shape index (κ2) is 8.29. The number of nitrogens with one attached hydrogen (secondary N) is 1. The normalized spacial score (nSPS) is 15.6. The van der Waals surface area contributed by atoms with Crippen LogP contribution in [0.5, 0.6) is 0 Å². The second-order valence-electron chi connectivity index (χ2n) is 7.19. The highest BCUT2D eigenvalue weighted by molar-refractivity contribution is 5.80. The molecule has 1 aliphatic rings. The quantitative estimate of drug-likeness (QED) is 0.684. The summed E-state index contributed by atoms with van der Waals surface area (Å²) in [5.74, 6) is 0.853. The topological polar surface area (TPSA) is 31.4 Å². The lowest BCUT2D eigenvalue weighted by Crippen LogP contribution is -2.47. The summed E-state index contributed by atoms with van der Waals surface area (Å²) in [6, 6.07) is 17.6. The van der Waals surface area contributed by atoms with E-state index in [-0.39, 0.29) is 0 Å². The summed E-state index contributed by atoms with van der Waals surface area (Å²) in [6.45, 7) is 4.72. The molecular formula is C22H23F3N4. The standard InChI is InChI=1S/C22H23F3N4/c23-22(24,25)18-5-3-6-19(16-18)29-14-12-28(13-15-29)11-10-26-21-9-8-17-4-1-2-7-20(17)27-21/h1-9,16H,10-15H2,(H,26,27). The van der Waals surface area contributed by atoms with Crippen LogP contribution in [0.3, 0.4) is 0 Å². The fraction of sp³-hybridized carbons (Fsp3) is 0.318. The maximum absolute atomic E-state index is 12.9. The minimum Gasteiger partial charge on any atom is -0.369 e. The first kappa shape index (κ1) is 19.5. The van der Waals surface area contributed by atoms with E-state index in [4.69, 9.17) is 0 Å². The molecule has 1 aliphatic heterocycles. The predicted octanol–water partition coefficient (Wildman–Crippen LogP) is 4.49. The first-order valence-corrected chi connectivity index (χ1v) is 9.73. The zero-order chi connectivity index (χ0) is 20.3. The lowest BCUT2D eigenvalue weighted by molar-refractivity contribution is -0.137. The van der Waals surface area contributed by atoms with Crippen LogP contribution in [0.25, 0.3) is 10.9 Å². The van der Waals surface area contributed by atoms with E-state index < -0.39 is 11.7 Å².